The number of likely N-dealkylation sites (N-methyl/N-ethyl adjacent to an activating group) is 1. The number of urea groups is 1. The smallest absolute Gasteiger partial charge is 0.326 e. The Morgan fingerprint density at radius 3 is 2.50 bits per heavy atom. The van der Waals surface area contributed by atoms with Crippen LogP contribution in [0.2, 0.25) is 0 Å². The zero-order chi connectivity index (χ0) is 22.8. The highest BCUT2D eigenvalue weighted by Gasteiger charge is 2.17. The van der Waals surface area contributed by atoms with Gasteiger partial charge in [-0.1, -0.05) is 30.3 Å². The lowest BCUT2D eigenvalue weighted by Crippen LogP contribution is -2.40. The third-order valence-corrected chi connectivity index (χ3v) is 4.69. The summed E-state index contributed by atoms with van der Waals surface area (Å²) < 4.78 is 10.5. The molecule has 0 bridgehead atoms. The predicted octanol–water partition coefficient (Wildman–Crippen LogP) is 3.21. The molecule has 1 aromatic heterocycles. The molecule has 8 nitrogen and oxygen atoms in total. The summed E-state index contributed by atoms with van der Waals surface area (Å²) in [6.07, 6.45) is 1.69. The van der Waals surface area contributed by atoms with Gasteiger partial charge in [-0.05, 0) is 54.6 Å². The number of nitrogens with one attached hydrogen (secondary N) is 3. The van der Waals surface area contributed by atoms with Crippen LogP contribution in [0.25, 0.3) is 11.1 Å². The molecular formula is C24H26N4O4. The van der Waals surface area contributed by atoms with Crippen molar-refractivity contribution in [2.75, 3.05) is 26.1 Å². The molecule has 0 radical (unpaired) electrons. The van der Waals surface area contributed by atoms with Gasteiger partial charge in [-0.2, -0.15) is 0 Å². The van der Waals surface area contributed by atoms with Gasteiger partial charge in [0.25, 0.3) is 0 Å². The molecule has 0 saturated heterocycles. The van der Waals surface area contributed by atoms with Gasteiger partial charge in [-0.15, -0.1) is 0 Å². The van der Waals surface area contributed by atoms with Gasteiger partial charge in [-0.25, -0.2) is 4.79 Å². The molecule has 0 aliphatic rings. The molecule has 0 aliphatic heterocycles. The fourth-order valence-corrected chi connectivity index (χ4v) is 2.98. The van der Waals surface area contributed by atoms with Gasteiger partial charge in [-0.3, -0.25) is 9.78 Å². The van der Waals surface area contributed by atoms with Crippen molar-refractivity contribution < 1.29 is 19.1 Å². The minimum atomic E-state index is -0.555. The fourth-order valence-electron chi connectivity index (χ4n) is 2.98. The van der Waals surface area contributed by atoms with Crippen molar-refractivity contribution in [2.24, 2.45) is 0 Å². The van der Waals surface area contributed by atoms with Gasteiger partial charge >= 0.3 is 12.0 Å². The highest BCUT2D eigenvalue weighted by Crippen LogP contribution is 2.26. The van der Waals surface area contributed by atoms with Crippen molar-refractivity contribution in [2.45, 2.75) is 12.6 Å². The Balaban J connectivity index is 1.62. The van der Waals surface area contributed by atoms with Gasteiger partial charge in [0.1, 0.15) is 18.4 Å². The number of rotatable bonds is 9. The average molecular weight is 434 g/mol. The number of hydrogen-bond donors (Lipinski definition) is 3. The van der Waals surface area contributed by atoms with E-state index in [1.165, 1.54) is 7.11 Å². The second-order valence-electron chi connectivity index (χ2n) is 6.91. The fraction of sp³-hybridized carbons (Fsp3) is 0.208. The summed E-state index contributed by atoms with van der Waals surface area (Å²) in [5.41, 5.74) is 3.27. The molecule has 0 fully saturated rings. The third-order valence-electron chi connectivity index (χ3n) is 4.69. The van der Waals surface area contributed by atoms with Gasteiger partial charge in [0.15, 0.2) is 0 Å². The number of pyridine rings is 1. The van der Waals surface area contributed by atoms with E-state index in [1.54, 1.807) is 13.2 Å². The maximum Gasteiger partial charge on any atom is 0.326 e. The molecule has 166 valence electrons. The zero-order valence-electron chi connectivity index (χ0n) is 18.0. The van der Waals surface area contributed by atoms with Crippen molar-refractivity contribution >= 4 is 17.7 Å². The zero-order valence-corrected chi connectivity index (χ0v) is 18.0. The number of amides is 2. The molecule has 32 heavy (non-hydrogen) atoms. The number of methoxy groups -OCH3 is 1. The van der Waals surface area contributed by atoms with Crippen molar-refractivity contribution in [1.29, 1.82) is 0 Å². The first-order valence-corrected chi connectivity index (χ1v) is 10.1. The number of benzene rings is 2. The van der Waals surface area contributed by atoms with E-state index < -0.39 is 6.04 Å². The monoisotopic (exact) mass is 434 g/mol. The Morgan fingerprint density at radius 2 is 1.78 bits per heavy atom. The van der Waals surface area contributed by atoms with Crippen LogP contribution in [0.4, 0.5) is 10.5 Å². The molecular weight excluding hydrogens is 408 g/mol. The lowest BCUT2D eigenvalue weighted by atomic mass is 10.0. The molecule has 0 spiro atoms. The number of carbonyl (C=O) groups is 2. The highest BCUT2D eigenvalue weighted by atomic mass is 16.5. The summed E-state index contributed by atoms with van der Waals surface area (Å²) >= 11 is 0. The van der Waals surface area contributed by atoms with E-state index in [4.69, 9.17) is 9.47 Å². The molecule has 2 aromatic carbocycles. The second kappa shape index (κ2) is 11.5. The Hall–Kier alpha value is -3.91. The van der Waals surface area contributed by atoms with Crippen LogP contribution in [-0.2, 0) is 16.1 Å². The van der Waals surface area contributed by atoms with E-state index in [0.29, 0.717) is 18.0 Å². The van der Waals surface area contributed by atoms with Crippen molar-refractivity contribution in [1.82, 2.24) is 15.6 Å². The summed E-state index contributed by atoms with van der Waals surface area (Å²) in [7, 11) is 3.01. The number of aromatic nitrogens is 1. The van der Waals surface area contributed by atoms with Crippen LogP contribution in [0.1, 0.15) is 5.69 Å². The Bertz CT molecular complexity index is 1040. The van der Waals surface area contributed by atoms with Crippen LogP contribution in [-0.4, -0.2) is 43.8 Å². The summed E-state index contributed by atoms with van der Waals surface area (Å²) in [5, 5.41) is 8.49. The van der Waals surface area contributed by atoms with Gasteiger partial charge < -0.3 is 25.4 Å². The minimum absolute atomic E-state index is 0.144. The standard InChI is InChI=1S/C24H26N4O4/c1-25-22(23(29)31-2)16-32-21-11-6-8-18(14-21)17-7-5-10-19(13-17)28-24(30)27-15-20-9-3-4-12-26-20/h3-14,22,25H,15-16H2,1-2H3,(H2,27,28,30)/t22-/m0/s1. The van der Waals surface area contributed by atoms with E-state index >= 15 is 0 Å². The lowest BCUT2D eigenvalue weighted by molar-refractivity contribution is -0.143. The molecule has 0 aliphatic carbocycles. The Kier molecular flexibility index (Phi) is 8.16. The number of carbonyl (C=O) groups excluding carboxylic acids is 2. The molecule has 8 heteroatoms. The normalized spacial score (nSPS) is 11.3. The van der Waals surface area contributed by atoms with E-state index in [0.717, 1.165) is 16.8 Å². The molecule has 0 saturated carbocycles. The van der Waals surface area contributed by atoms with E-state index in [2.05, 4.69) is 20.9 Å². The molecule has 1 atom stereocenters. The summed E-state index contributed by atoms with van der Waals surface area (Å²) in [5.74, 6) is 0.238. The first kappa shape index (κ1) is 22.8. The highest BCUT2D eigenvalue weighted by molar-refractivity contribution is 5.90. The first-order chi connectivity index (χ1) is 15.6. The summed E-state index contributed by atoms with van der Waals surface area (Å²) in [4.78, 5) is 28.1. The minimum Gasteiger partial charge on any atom is -0.491 e. The van der Waals surface area contributed by atoms with Crippen LogP contribution in [0.3, 0.4) is 0 Å². The maximum atomic E-state index is 12.2. The van der Waals surface area contributed by atoms with Crippen LogP contribution < -0.4 is 20.7 Å². The predicted molar refractivity (Wildman–Crippen MR) is 122 cm³/mol. The topological polar surface area (TPSA) is 102 Å². The number of ether oxygens (including phenoxy) is 2. The molecule has 1 heterocycles. The van der Waals surface area contributed by atoms with Crippen molar-refractivity contribution in [3.63, 3.8) is 0 Å². The Labute approximate surface area is 187 Å². The molecule has 0 unspecified atom stereocenters. The number of anilines is 1. The van der Waals surface area contributed by atoms with Crippen LogP contribution in [0.5, 0.6) is 5.75 Å². The molecule has 3 aromatic rings. The number of hydrogen-bond acceptors (Lipinski definition) is 6. The van der Waals surface area contributed by atoms with E-state index in [9.17, 15) is 9.59 Å². The number of esters is 1. The quantitative estimate of drug-likeness (QED) is 0.447. The largest absolute Gasteiger partial charge is 0.491 e. The van der Waals surface area contributed by atoms with E-state index in [-0.39, 0.29) is 18.6 Å². The van der Waals surface area contributed by atoms with Crippen molar-refractivity contribution in [3.05, 3.63) is 78.6 Å². The first-order valence-electron chi connectivity index (χ1n) is 10.1. The number of nitrogens with zero attached hydrogens (tertiary/aromatic N) is 1. The van der Waals surface area contributed by atoms with Crippen LogP contribution in [0, 0.1) is 0 Å². The van der Waals surface area contributed by atoms with E-state index in [1.807, 2.05) is 66.7 Å². The van der Waals surface area contributed by atoms with Crippen molar-refractivity contribution in [3.8, 4) is 16.9 Å². The molecule has 3 N–H and O–H groups in total. The second-order valence-corrected chi connectivity index (χ2v) is 6.91. The summed E-state index contributed by atoms with van der Waals surface area (Å²) in [6.45, 7) is 0.482. The van der Waals surface area contributed by atoms with Crippen LogP contribution in [0.15, 0.2) is 72.9 Å². The maximum absolute atomic E-state index is 12.2. The van der Waals surface area contributed by atoms with Gasteiger partial charge in [0.2, 0.25) is 0 Å². The third kappa shape index (κ3) is 6.55. The van der Waals surface area contributed by atoms with Gasteiger partial charge in [0.05, 0.1) is 19.3 Å². The average Bonchev–Trinajstić information content (AvgIpc) is 2.84. The molecule has 3 rings (SSSR count). The SMILES string of the molecule is CN[C@@H](COc1cccc(-c2cccc(NC(=O)NCc3ccccn3)c2)c1)C(=O)OC. The van der Waals surface area contributed by atoms with Crippen LogP contribution >= 0.6 is 0 Å². The molecule has 2 amide bonds. The Morgan fingerprint density at radius 1 is 1.00 bits per heavy atom. The van der Waals surface area contributed by atoms with Gasteiger partial charge in [0, 0.05) is 11.9 Å². The lowest BCUT2D eigenvalue weighted by Gasteiger charge is -2.15. The summed E-state index contributed by atoms with van der Waals surface area (Å²) in [6, 6.07) is 19.7.